The fourth-order valence-corrected chi connectivity index (χ4v) is 5.15. The second kappa shape index (κ2) is 6.99. The molecule has 20 heavy (non-hydrogen) atoms. The van der Waals surface area contributed by atoms with Gasteiger partial charge in [-0.2, -0.15) is 11.8 Å². The molecule has 0 amide bonds. The van der Waals surface area contributed by atoms with Gasteiger partial charge in [-0.15, -0.1) is 0 Å². The normalized spacial score (nSPS) is 38.5. The smallest absolute Gasteiger partial charge is 0.0729 e. The molecule has 3 fully saturated rings. The molecule has 3 nitrogen and oxygen atoms in total. The van der Waals surface area contributed by atoms with Crippen molar-refractivity contribution in [3.8, 4) is 0 Å². The van der Waals surface area contributed by atoms with Crippen LogP contribution in [0.2, 0.25) is 0 Å². The summed E-state index contributed by atoms with van der Waals surface area (Å²) < 4.78 is 12.6. The maximum absolute atomic E-state index is 6.44. The summed E-state index contributed by atoms with van der Waals surface area (Å²) in [7, 11) is 0. The molecule has 0 aromatic carbocycles. The molecule has 0 bridgehead atoms. The minimum atomic E-state index is 0.128. The third-order valence-electron chi connectivity index (χ3n) is 5.22. The van der Waals surface area contributed by atoms with Crippen molar-refractivity contribution in [3.05, 3.63) is 0 Å². The van der Waals surface area contributed by atoms with E-state index in [0.29, 0.717) is 6.10 Å². The fourth-order valence-electron chi connectivity index (χ4n) is 3.91. The molecule has 0 aromatic rings. The molecule has 1 saturated carbocycles. The Hall–Kier alpha value is 0.230. The van der Waals surface area contributed by atoms with Gasteiger partial charge >= 0.3 is 0 Å². The molecule has 1 spiro atoms. The van der Waals surface area contributed by atoms with Crippen LogP contribution in [0.5, 0.6) is 0 Å². The van der Waals surface area contributed by atoms with Gasteiger partial charge < -0.3 is 15.2 Å². The lowest BCUT2D eigenvalue weighted by atomic mass is 9.86. The standard InChI is InChI=1S/C16H29NO2S/c17-14-4-2-1-3-5-15(14)19-13-6-9-18-16(12-13)7-10-20-11-8-16/h13-15H,1-12,17H2. The van der Waals surface area contributed by atoms with Crippen molar-refractivity contribution in [1.82, 2.24) is 0 Å². The van der Waals surface area contributed by atoms with Crippen LogP contribution in [0.15, 0.2) is 0 Å². The lowest BCUT2D eigenvalue weighted by Gasteiger charge is -2.44. The Bertz CT molecular complexity index is 301. The second-order valence-electron chi connectivity index (χ2n) is 6.74. The van der Waals surface area contributed by atoms with E-state index in [-0.39, 0.29) is 17.7 Å². The molecule has 4 heteroatoms. The van der Waals surface area contributed by atoms with Gasteiger partial charge in [0, 0.05) is 19.1 Å². The Morgan fingerprint density at radius 2 is 1.85 bits per heavy atom. The maximum Gasteiger partial charge on any atom is 0.0729 e. The summed E-state index contributed by atoms with van der Waals surface area (Å²) >= 11 is 2.06. The van der Waals surface area contributed by atoms with E-state index in [1.807, 2.05) is 0 Å². The highest BCUT2D eigenvalue weighted by Crippen LogP contribution is 2.39. The minimum Gasteiger partial charge on any atom is -0.375 e. The van der Waals surface area contributed by atoms with Gasteiger partial charge in [-0.1, -0.05) is 19.3 Å². The molecular weight excluding hydrogens is 270 g/mol. The number of rotatable bonds is 2. The van der Waals surface area contributed by atoms with Crippen molar-refractivity contribution in [2.24, 2.45) is 5.73 Å². The first-order chi connectivity index (χ1) is 9.77. The lowest BCUT2D eigenvalue weighted by Crippen LogP contribution is -2.47. The summed E-state index contributed by atoms with van der Waals surface area (Å²) in [5.74, 6) is 2.49. The van der Waals surface area contributed by atoms with Crippen LogP contribution in [0, 0.1) is 0 Å². The topological polar surface area (TPSA) is 44.5 Å². The zero-order chi connectivity index (χ0) is 13.8. The first-order valence-corrected chi connectivity index (χ1v) is 9.56. The molecule has 3 unspecified atom stereocenters. The molecule has 2 aliphatic heterocycles. The summed E-state index contributed by atoms with van der Waals surface area (Å²) in [6.07, 6.45) is 11.4. The van der Waals surface area contributed by atoms with Crippen molar-refractivity contribution in [2.45, 2.75) is 81.6 Å². The van der Waals surface area contributed by atoms with Crippen molar-refractivity contribution in [2.75, 3.05) is 18.1 Å². The first kappa shape index (κ1) is 15.1. The summed E-state index contributed by atoms with van der Waals surface area (Å²) in [4.78, 5) is 0. The zero-order valence-electron chi connectivity index (χ0n) is 12.5. The van der Waals surface area contributed by atoms with Gasteiger partial charge in [0.25, 0.3) is 0 Å². The van der Waals surface area contributed by atoms with Gasteiger partial charge in [0.05, 0.1) is 17.8 Å². The largest absolute Gasteiger partial charge is 0.375 e. The van der Waals surface area contributed by atoms with Crippen LogP contribution < -0.4 is 5.73 Å². The van der Waals surface area contributed by atoms with Crippen LogP contribution >= 0.6 is 11.8 Å². The third kappa shape index (κ3) is 3.70. The number of ether oxygens (including phenoxy) is 2. The highest BCUT2D eigenvalue weighted by Gasteiger charge is 2.40. The molecule has 3 aliphatic rings. The van der Waals surface area contributed by atoms with E-state index in [2.05, 4.69) is 11.8 Å². The van der Waals surface area contributed by atoms with Gasteiger partial charge in [-0.25, -0.2) is 0 Å². The Labute approximate surface area is 127 Å². The third-order valence-corrected chi connectivity index (χ3v) is 6.21. The van der Waals surface area contributed by atoms with Gasteiger partial charge in [-0.3, -0.25) is 0 Å². The average molecular weight is 299 g/mol. The molecular formula is C16H29NO2S. The Balaban J connectivity index is 1.56. The van der Waals surface area contributed by atoms with E-state index in [9.17, 15) is 0 Å². The second-order valence-corrected chi connectivity index (χ2v) is 7.96. The van der Waals surface area contributed by atoms with E-state index < -0.39 is 0 Å². The number of thioether (sulfide) groups is 1. The molecule has 1 aliphatic carbocycles. The predicted octanol–water partition coefficient (Wildman–Crippen LogP) is 3.11. The Morgan fingerprint density at radius 3 is 2.70 bits per heavy atom. The molecule has 2 N–H and O–H groups in total. The molecule has 2 heterocycles. The summed E-state index contributed by atoms with van der Waals surface area (Å²) in [5.41, 5.74) is 6.43. The fraction of sp³-hybridized carbons (Fsp3) is 1.00. The molecule has 2 saturated heterocycles. The van der Waals surface area contributed by atoms with Crippen molar-refractivity contribution < 1.29 is 9.47 Å². The van der Waals surface area contributed by atoms with Crippen molar-refractivity contribution >= 4 is 11.8 Å². The lowest BCUT2D eigenvalue weighted by molar-refractivity contribution is -0.154. The van der Waals surface area contributed by atoms with Crippen LogP contribution in [0.4, 0.5) is 0 Å². The maximum atomic E-state index is 6.44. The molecule has 0 radical (unpaired) electrons. The van der Waals surface area contributed by atoms with Crippen LogP contribution in [-0.2, 0) is 9.47 Å². The Kier molecular flexibility index (Phi) is 5.29. The highest BCUT2D eigenvalue weighted by molar-refractivity contribution is 7.99. The molecule has 3 rings (SSSR count). The van der Waals surface area contributed by atoms with Crippen LogP contribution in [0.25, 0.3) is 0 Å². The first-order valence-electron chi connectivity index (χ1n) is 8.40. The van der Waals surface area contributed by atoms with E-state index in [1.54, 1.807) is 0 Å². The van der Waals surface area contributed by atoms with Crippen LogP contribution in [0.3, 0.4) is 0 Å². The van der Waals surface area contributed by atoms with Gasteiger partial charge in [-0.05, 0) is 43.6 Å². The molecule has 116 valence electrons. The summed E-state index contributed by atoms with van der Waals surface area (Å²) in [5, 5.41) is 0. The monoisotopic (exact) mass is 299 g/mol. The highest BCUT2D eigenvalue weighted by atomic mass is 32.2. The summed E-state index contributed by atoms with van der Waals surface area (Å²) in [6.45, 7) is 0.872. The number of nitrogens with two attached hydrogens (primary N) is 1. The van der Waals surface area contributed by atoms with Crippen molar-refractivity contribution in [3.63, 3.8) is 0 Å². The van der Waals surface area contributed by atoms with E-state index in [0.717, 1.165) is 32.3 Å². The molecule has 3 atom stereocenters. The van der Waals surface area contributed by atoms with Gasteiger partial charge in [0.1, 0.15) is 0 Å². The number of hydrogen-bond acceptors (Lipinski definition) is 4. The SMILES string of the molecule is NC1CCCCCC1OC1CCOC2(CCSCC2)C1. The van der Waals surface area contributed by atoms with Crippen LogP contribution in [-0.4, -0.2) is 42.0 Å². The van der Waals surface area contributed by atoms with Gasteiger partial charge in [0.2, 0.25) is 0 Å². The van der Waals surface area contributed by atoms with Gasteiger partial charge in [0.15, 0.2) is 0 Å². The predicted molar refractivity (Wildman–Crippen MR) is 84.2 cm³/mol. The average Bonchev–Trinajstić information content (AvgIpc) is 2.65. The molecule has 0 aromatic heterocycles. The zero-order valence-corrected chi connectivity index (χ0v) is 13.3. The van der Waals surface area contributed by atoms with E-state index in [4.69, 9.17) is 15.2 Å². The van der Waals surface area contributed by atoms with Crippen molar-refractivity contribution in [1.29, 1.82) is 0 Å². The van der Waals surface area contributed by atoms with E-state index >= 15 is 0 Å². The quantitative estimate of drug-likeness (QED) is 0.796. The number of hydrogen-bond donors (Lipinski definition) is 1. The minimum absolute atomic E-state index is 0.128. The summed E-state index contributed by atoms with van der Waals surface area (Å²) in [6, 6.07) is 0.248. The van der Waals surface area contributed by atoms with Crippen LogP contribution in [0.1, 0.15) is 57.8 Å². The van der Waals surface area contributed by atoms with E-state index in [1.165, 1.54) is 43.6 Å². The Morgan fingerprint density at radius 1 is 1.05 bits per heavy atom.